The highest BCUT2D eigenvalue weighted by Crippen LogP contribution is 2.22. The Morgan fingerprint density at radius 1 is 1.13 bits per heavy atom. The van der Waals surface area contributed by atoms with Gasteiger partial charge in [0.15, 0.2) is 10.7 Å². The Balaban J connectivity index is 1.80. The molecule has 0 radical (unpaired) electrons. The summed E-state index contributed by atoms with van der Waals surface area (Å²) in [6.07, 6.45) is 1.64. The van der Waals surface area contributed by atoms with E-state index in [1.165, 1.54) is 11.8 Å². The SMILES string of the molecule is CCN(CC)C(=O)CSc1nnc2n(Cc3ccc(C)cc3)c(=O)c3c(cnn3C)n12. The number of amides is 1. The molecule has 3 aromatic heterocycles. The molecule has 0 aliphatic rings. The summed E-state index contributed by atoms with van der Waals surface area (Å²) in [6.45, 7) is 7.64. The number of hydrogen-bond donors (Lipinski definition) is 0. The van der Waals surface area contributed by atoms with Gasteiger partial charge in [0.05, 0.1) is 18.5 Å². The van der Waals surface area contributed by atoms with Crippen molar-refractivity contribution in [2.45, 2.75) is 32.5 Å². The molecular formula is C21H25N7O2S. The van der Waals surface area contributed by atoms with Gasteiger partial charge in [-0.1, -0.05) is 41.6 Å². The van der Waals surface area contributed by atoms with Crippen LogP contribution in [0.25, 0.3) is 16.8 Å². The summed E-state index contributed by atoms with van der Waals surface area (Å²) in [5, 5.41) is 13.5. The van der Waals surface area contributed by atoms with Crippen molar-refractivity contribution >= 4 is 34.5 Å². The first-order chi connectivity index (χ1) is 14.9. The van der Waals surface area contributed by atoms with E-state index in [4.69, 9.17) is 0 Å². The zero-order valence-corrected chi connectivity index (χ0v) is 18.9. The summed E-state index contributed by atoms with van der Waals surface area (Å²) in [6, 6.07) is 8.04. The Bertz CT molecular complexity index is 1300. The smallest absolute Gasteiger partial charge is 0.281 e. The molecule has 0 unspecified atom stereocenters. The molecule has 3 heterocycles. The number of fused-ring (bicyclic) bond motifs is 3. The highest BCUT2D eigenvalue weighted by atomic mass is 32.2. The van der Waals surface area contributed by atoms with Gasteiger partial charge in [-0.2, -0.15) is 5.10 Å². The summed E-state index contributed by atoms with van der Waals surface area (Å²) in [5.41, 5.74) is 3.07. The molecule has 0 saturated heterocycles. The average molecular weight is 440 g/mol. The van der Waals surface area contributed by atoms with Crippen molar-refractivity contribution in [2.24, 2.45) is 7.05 Å². The summed E-state index contributed by atoms with van der Waals surface area (Å²) < 4.78 is 4.99. The van der Waals surface area contributed by atoms with Crippen LogP contribution in [-0.4, -0.2) is 58.6 Å². The number of aromatic nitrogens is 6. The van der Waals surface area contributed by atoms with Crippen LogP contribution in [0.2, 0.25) is 0 Å². The Labute approximate surface area is 183 Å². The van der Waals surface area contributed by atoms with Gasteiger partial charge in [0, 0.05) is 20.1 Å². The Hall–Kier alpha value is -3.14. The molecule has 0 atom stereocenters. The minimum Gasteiger partial charge on any atom is -0.343 e. The van der Waals surface area contributed by atoms with Gasteiger partial charge in [0.1, 0.15) is 5.52 Å². The van der Waals surface area contributed by atoms with Crippen LogP contribution in [0.3, 0.4) is 0 Å². The minimum absolute atomic E-state index is 0.0437. The van der Waals surface area contributed by atoms with Gasteiger partial charge in [0.2, 0.25) is 11.7 Å². The lowest BCUT2D eigenvalue weighted by Gasteiger charge is -2.17. The predicted molar refractivity (Wildman–Crippen MR) is 120 cm³/mol. The molecule has 0 saturated carbocycles. The minimum atomic E-state index is -0.175. The fraction of sp³-hybridized carbons (Fsp3) is 0.381. The molecule has 4 rings (SSSR count). The third kappa shape index (κ3) is 3.83. The maximum absolute atomic E-state index is 13.3. The molecule has 162 valence electrons. The summed E-state index contributed by atoms with van der Waals surface area (Å²) in [7, 11) is 1.74. The number of rotatable bonds is 7. The van der Waals surface area contributed by atoms with Gasteiger partial charge < -0.3 is 4.90 Å². The van der Waals surface area contributed by atoms with E-state index >= 15 is 0 Å². The second-order valence-corrected chi connectivity index (χ2v) is 8.29. The fourth-order valence-electron chi connectivity index (χ4n) is 3.61. The molecule has 0 N–H and O–H groups in total. The maximum atomic E-state index is 13.3. The normalized spacial score (nSPS) is 11.5. The van der Waals surface area contributed by atoms with Crippen LogP contribution in [-0.2, 0) is 18.4 Å². The molecule has 9 nitrogen and oxygen atoms in total. The van der Waals surface area contributed by atoms with E-state index in [9.17, 15) is 9.59 Å². The van der Waals surface area contributed by atoms with Crippen LogP contribution in [0.4, 0.5) is 0 Å². The highest BCUT2D eigenvalue weighted by molar-refractivity contribution is 7.99. The summed E-state index contributed by atoms with van der Waals surface area (Å²) in [5.74, 6) is 0.729. The first kappa shape index (κ1) is 21.1. The zero-order chi connectivity index (χ0) is 22.1. The predicted octanol–water partition coefficient (Wildman–Crippen LogP) is 2.09. The molecule has 0 spiro atoms. The van der Waals surface area contributed by atoms with Crippen molar-refractivity contribution in [3.8, 4) is 0 Å². The monoisotopic (exact) mass is 439 g/mol. The number of hydrogen-bond acceptors (Lipinski definition) is 6. The van der Waals surface area contributed by atoms with Gasteiger partial charge in [-0.3, -0.25) is 23.2 Å². The Morgan fingerprint density at radius 3 is 2.52 bits per heavy atom. The number of carbonyl (C=O) groups is 1. The standard InChI is InChI=1S/C21H25N7O2S/c1-5-26(6-2)17(29)13-31-21-24-23-20-27(12-15-9-7-14(3)8-10-15)19(30)18-16(28(20)21)11-22-25(18)4/h7-11H,5-6,12-13H2,1-4H3. The zero-order valence-electron chi connectivity index (χ0n) is 18.1. The number of nitrogens with zero attached hydrogens (tertiary/aromatic N) is 7. The quantitative estimate of drug-likeness (QED) is 0.410. The van der Waals surface area contributed by atoms with E-state index in [1.54, 1.807) is 27.4 Å². The van der Waals surface area contributed by atoms with Crippen molar-refractivity contribution in [3.63, 3.8) is 0 Å². The van der Waals surface area contributed by atoms with Gasteiger partial charge in [-0.05, 0) is 26.3 Å². The molecule has 10 heteroatoms. The molecule has 0 aliphatic heterocycles. The van der Waals surface area contributed by atoms with Gasteiger partial charge in [-0.25, -0.2) is 0 Å². The van der Waals surface area contributed by atoms with E-state index in [1.807, 2.05) is 49.4 Å². The van der Waals surface area contributed by atoms with Gasteiger partial charge >= 0.3 is 0 Å². The maximum Gasteiger partial charge on any atom is 0.281 e. The first-order valence-electron chi connectivity index (χ1n) is 10.2. The number of carbonyl (C=O) groups excluding carboxylic acids is 1. The lowest BCUT2D eigenvalue weighted by Crippen LogP contribution is -2.31. The largest absolute Gasteiger partial charge is 0.343 e. The Morgan fingerprint density at radius 2 is 1.84 bits per heavy atom. The molecule has 4 aromatic rings. The molecular weight excluding hydrogens is 414 g/mol. The third-order valence-corrected chi connectivity index (χ3v) is 6.28. The highest BCUT2D eigenvalue weighted by Gasteiger charge is 2.21. The molecule has 1 amide bonds. The number of benzene rings is 1. The van der Waals surface area contributed by atoms with Crippen molar-refractivity contribution < 1.29 is 4.79 Å². The van der Waals surface area contributed by atoms with E-state index in [2.05, 4.69) is 15.3 Å². The van der Waals surface area contributed by atoms with Crippen LogP contribution in [0.5, 0.6) is 0 Å². The lowest BCUT2D eigenvalue weighted by molar-refractivity contribution is -0.127. The van der Waals surface area contributed by atoms with Crippen molar-refractivity contribution in [1.29, 1.82) is 0 Å². The van der Waals surface area contributed by atoms with Gasteiger partial charge in [0.25, 0.3) is 5.56 Å². The lowest BCUT2D eigenvalue weighted by atomic mass is 10.1. The van der Waals surface area contributed by atoms with Crippen molar-refractivity contribution in [3.05, 3.63) is 51.9 Å². The summed E-state index contributed by atoms with van der Waals surface area (Å²) in [4.78, 5) is 27.5. The second kappa shape index (κ2) is 8.54. The molecule has 1 aromatic carbocycles. The van der Waals surface area contributed by atoms with Crippen LogP contribution in [0.15, 0.2) is 40.4 Å². The van der Waals surface area contributed by atoms with E-state index in [-0.39, 0.29) is 17.2 Å². The average Bonchev–Trinajstić information content (AvgIpc) is 3.35. The molecule has 0 aliphatic carbocycles. The van der Waals surface area contributed by atoms with Crippen LogP contribution < -0.4 is 5.56 Å². The van der Waals surface area contributed by atoms with Crippen LogP contribution in [0, 0.1) is 6.92 Å². The number of thioether (sulfide) groups is 1. The van der Waals surface area contributed by atoms with Crippen LogP contribution in [0.1, 0.15) is 25.0 Å². The van der Waals surface area contributed by atoms with E-state index < -0.39 is 0 Å². The topological polar surface area (TPSA) is 90.3 Å². The van der Waals surface area contributed by atoms with Crippen LogP contribution >= 0.6 is 11.8 Å². The number of aryl methyl sites for hydroxylation is 2. The first-order valence-corrected chi connectivity index (χ1v) is 11.2. The van der Waals surface area contributed by atoms with Crippen molar-refractivity contribution in [2.75, 3.05) is 18.8 Å². The van der Waals surface area contributed by atoms with Gasteiger partial charge in [-0.15, -0.1) is 10.2 Å². The molecule has 0 fully saturated rings. The Kier molecular flexibility index (Phi) is 5.81. The van der Waals surface area contributed by atoms with E-state index in [0.29, 0.717) is 41.6 Å². The third-order valence-electron chi connectivity index (χ3n) is 5.37. The summed E-state index contributed by atoms with van der Waals surface area (Å²) >= 11 is 1.32. The second-order valence-electron chi connectivity index (χ2n) is 7.35. The van der Waals surface area contributed by atoms with E-state index in [0.717, 1.165) is 11.1 Å². The molecule has 0 bridgehead atoms. The molecule has 31 heavy (non-hydrogen) atoms. The fourth-order valence-corrected chi connectivity index (χ4v) is 4.45. The van der Waals surface area contributed by atoms with Crippen molar-refractivity contribution in [1.82, 2.24) is 33.8 Å².